The number of imide groups is 1. The molecule has 7 heteroatoms. The van der Waals surface area contributed by atoms with Crippen molar-refractivity contribution >= 4 is 69.1 Å². The maximum Gasteiger partial charge on any atom is 0.283 e. The van der Waals surface area contributed by atoms with Gasteiger partial charge in [0.15, 0.2) is 0 Å². The highest BCUT2D eigenvalue weighted by molar-refractivity contribution is 14.1. The molecule has 1 aliphatic rings. The van der Waals surface area contributed by atoms with E-state index in [4.69, 9.17) is 11.6 Å². The molecule has 0 unspecified atom stereocenters. The van der Waals surface area contributed by atoms with Crippen LogP contribution in [0.1, 0.15) is 5.56 Å². The average molecular weight is 547 g/mol. The van der Waals surface area contributed by atoms with Crippen molar-refractivity contribution in [2.45, 2.75) is 11.8 Å². The molecule has 2 amide bonds. The Hall–Kier alpha value is -2.29. The molecular formula is C23H16ClIN2O2S. The van der Waals surface area contributed by atoms with Gasteiger partial charge in [-0.05, 0) is 90.2 Å². The van der Waals surface area contributed by atoms with E-state index < -0.39 is 0 Å². The fourth-order valence-corrected chi connectivity index (χ4v) is 4.35. The summed E-state index contributed by atoms with van der Waals surface area (Å²) in [4.78, 5) is 28.9. The van der Waals surface area contributed by atoms with E-state index in [1.54, 1.807) is 24.3 Å². The Morgan fingerprint density at radius 3 is 2.13 bits per heavy atom. The van der Waals surface area contributed by atoms with E-state index in [2.05, 4.69) is 27.9 Å². The fourth-order valence-electron chi connectivity index (χ4n) is 2.94. The van der Waals surface area contributed by atoms with Gasteiger partial charge in [0.1, 0.15) is 10.6 Å². The second-order valence-corrected chi connectivity index (χ2v) is 9.44. The van der Waals surface area contributed by atoms with E-state index >= 15 is 0 Å². The average Bonchev–Trinajstić information content (AvgIpc) is 2.96. The molecule has 3 aromatic carbocycles. The molecule has 4 nitrogen and oxygen atoms in total. The lowest BCUT2D eigenvalue weighted by Gasteiger charge is -2.15. The van der Waals surface area contributed by atoms with Crippen molar-refractivity contribution < 1.29 is 9.59 Å². The van der Waals surface area contributed by atoms with Crippen LogP contribution in [0.5, 0.6) is 0 Å². The lowest BCUT2D eigenvalue weighted by atomic mass is 10.2. The lowest BCUT2D eigenvalue weighted by Crippen LogP contribution is -2.32. The molecule has 0 bridgehead atoms. The SMILES string of the molecule is Cc1ccc(N2C(=O)C(Nc3ccc(I)cc3)=C(Sc3ccc(Cl)cc3)C2=O)cc1. The molecule has 0 aliphatic carbocycles. The minimum atomic E-state index is -0.376. The standard InChI is InChI=1S/C23H16ClIN2O2S/c1-14-2-10-18(11-3-14)27-22(28)20(26-17-8-6-16(25)7-9-17)21(23(27)29)30-19-12-4-15(24)5-13-19/h2-13,26H,1H3. The van der Waals surface area contributed by atoms with Crippen LogP contribution in [-0.4, -0.2) is 11.8 Å². The number of hydrogen-bond donors (Lipinski definition) is 1. The molecule has 3 aromatic rings. The number of carbonyl (C=O) groups excluding carboxylic acids is 2. The van der Waals surface area contributed by atoms with E-state index in [1.807, 2.05) is 55.5 Å². The number of halogens is 2. The molecule has 0 radical (unpaired) electrons. The van der Waals surface area contributed by atoms with Gasteiger partial charge < -0.3 is 5.32 Å². The third-order valence-corrected chi connectivity index (χ3v) is 6.54. The normalized spacial score (nSPS) is 13.9. The van der Waals surface area contributed by atoms with Crippen molar-refractivity contribution in [3.8, 4) is 0 Å². The summed E-state index contributed by atoms with van der Waals surface area (Å²) >= 11 is 9.45. The van der Waals surface area contributed by atoms with Gasteiger partial charge in [-0.1, -0.05) is 41.1 Å². The van der Waals surface area contributed by atoms with E-state index in [0.29, 0.717) is 15.6 Å². The number of nitrogens with zero attached hydrogens (tertiary/aromatic N) is 1. The van der Waals surface area contributed by atoms with Crippen LogP contribution < -0.4 is 10.2 Å². The number of thioether (sulfide) groups is 1. The molecule has 0 saturated heterocycles. The van der Waals surface area contributed by atoms with Crippen LogP contribution in [0.3, 0.4) is 0 Å². The first kappa shape index (κ1) is 21.0. The molecule has 1 aliphatic heterocycles. The van der Waals surface area contributed by atoms with Gasteiger partial charge >= 0.3 is 0 Å². The van der Waals surface area contributed by atoms with Crippen molar-refractivity contribution in [3.63, 3.8) is 0 Å². The Morgan fingerprint density at radius 1 is 0.867 bits per heavy atom. The Balaban J connectivity index is 1.73. The molecular weight excluding hydrogens is 531 g/mol. The van der Waals surface area contributed by atoms with Crippen molar-refractivity contribution in [3.05, 3.63) is 97.6 Å². The van der Waals surface area contributed by atoms with Gasteiger partial charge in [-0.25, -0.2) is 4.90 Å². The fraction of sp³-hybridized carbons (Fsp3) is 0.0435. The van der Waals surface area contributed by atoms with Crippen molar-refractivity contribution in [2.75, 3.05) is 10.2 Å². The third-order valence-electron chi connectivity index (χ3n) is 4.48. The van der Waals surface area contributed by atoms with E-state index in [-0.39, 0.29) is 17.5 Å². The monoisotopic (exact) mass is 546 g/mol. The zero-order valence-electron chi connectivity index (χ0n) is 15.9. The molecule has 4 rings (SSSR count). The molecule has 30 heavy (non-hydrogen) atoms. The molecule has 0 fully saturated rings. The summed E-state index contributed by atoms with van der Waals surface area (Å²) in [6.45, 7) is 1.96. The van der Waals surface area contributed by atoms with Gasteiger partial charge in [-0.15, -0.1) is 0 Å². The molecule has 0 aromatic heterocycles. The van der Waals surface area contributed by atoms with Crippen molar-refractivity contribution in [2.24, 2.45) is 0 Å². The Kier molecular flexibility index (Phi) is 6.17. The molecule has 1 heterocycles. The predicted octanol–water partition coefficient (Wildman–Crippen LogP) is 6.24. The van der Waals surface area contributed by atoms with Crippen LogP contribution in [0.15, 0.2) is 88.3 Å². The summed E-state index contributed by atoms with van der Waals surface area (Å²) in [5.74, 6) is -0.726. The van der Waals surface area contributed by atoms with E-state index in [1.165, 1.54) is 16.7 Å². The van der Waals surface area contributed by atoms with E-state index in [0.717, 1.165) is 19.7 Å². The highest BCUT2D eigenvalue weighted by Crippen LogP contribution is 2.38. The highest BCUT2D eigenvalue weighted by Gasteiger charge is 2.40. The number of anilines is 2. The Morgan fingerprint density at radius 2 is 1.50 bits per heavy atom. The molecule has 1 N–H and O–H groups in total. The van der Waals surface area contributed by atoms with Crippen molar-refractivity contribution in [1.29, 1.82) is 0 Å². The number of rotatable bonds is 5. The topological polar surface area (TPSA) is 49.4 Å². The zero-order chi connectivity index (χ0) is 21.3. The maximum absolute atomic E-state index is 13.3. The second kappa shape index (κ2) is 8.83. The summed E-state index contributed by atoms with van der Waals surface area (Å²) < 4.78 is 1.08. The number of benzene rings is 3. The summed E-state index contributed by atoms with van der Waals surface area (Å²) in [6, 6.07) is 22.1. The van der Waals surface area contributed by atoms with E-state index in [9.17, 15) is 9.59 Å². The van der Waals surface area contributed by atoms with Gasteiger partial charge in [0.25, 0.3) is 11.8 Å². The summed E-state index contributed by atoms with van der Waals surface area (Å²) in [5, 5.41) is 3.77. The van der Waals surface area contributed by atoms with Crippen molar-refractivity contribution in [1.82, 2.24) is 0 Å². The summed E-state index contributed by atoms with van der Waals surface area (Å²) in [5.41, 5.74) is 2.61. The quantitative estimate of drug-likeness (QED) is 0.304. The maximum atomic E-state index is 13.3. The summed E-state index contributed by atoms with van der Waals surface area (Å²) in [6.07, 6.45) is 0. The van der Waals surface area contributed by atoms with Gasteiger partial charge in [0, 0.05) is 19.2 Å². The first-order chi connectivity index (χ1) is 14.4. The Labute approximate surface area is 197 Å². The number of amides is 2. The predicted molar refractivity (Wildman–Crippen MR) is 131 cm³/mol. The summed E-state index contributed by atoms with van der Waals surface area (Å²) in [7, 11) is 0. The van der Waals surface area contributed by atoms with Crippen LogP contribution in [0.25, 0.3) is 0 Å². The molecule has 0 saturated carbocycles. The number of hydrogen-bond acceptors (Lipinski definition) is 4. The minimum absolute atomic E-state index is 0.265. The second-order valence-electron chi connectivity index (χ2n) is 6.67. The van der Waals surface area contributed by atoms with Crippen LogP contribution >= 0.6 is 46.0 Å². The lowest BCUT2D eigenvalue weighted by molar-refractivity contribution is -0.120. The van der Waals surface area contributed by atoms with Crippen LogP contribution in [-0.2, 0) is 9.59 Å². The van der Waals surface area contributed by atoms with Gasteiger partial charge in [0.05, 0.1) is 5.69 Å². The van der Waals surface area contributed by atoms with Crippen LogP contribution in [0, 0.1) is 10.5 Å². The van der Waals surface area contributed by atoms with Gasteiger partial charge in [-0.3, -0.25) is 9.59 Å². The number of aryl methyl sites for hydroxylation is 1. The minimum Gasteiger partial charge on any atom is -0.350 e. The number of carbonyl (C=O) groups is 2. The van der Waals surface area contributed by atoms with Gasteiger partial charge in [0.2, 0.25) is 0 Å². The largest absolute Gasteiger partial charge is 0.350 e. The van der Waals surface area contributed by atoms with Crippen LogP contribution in [0.2, 0.25) is 5.02 Å². The first-order valence-corrected chi connectivity index (χ1v) is 11.4. The molecule has 0 spiro atoms. The zero-order valence-corrected chi connectivity index (χ0v) is 19.6. The smallest absolute Gasteiger partial charge is 0.283 e. The molecule has 150 valence electrons. The highest BCUT2D eigenvalue weighted by atomic mass is 127. The third kappa shape index (κ3) is 4.40. The Bertz CT molecular complexity index is 1070. The van der Waals surface area contributed by atoms with Crippen LogP contribution in [0.4, 0.5) is 11.4 Å². The number of nitrogens with one attached hydrogen (secondary N) is 1. The molecule has 0 atom stereocenters. The van der Waals surface area contributed by atoms with Gasteiger partial charge in [-0.2, -0.15) is 0 Å². The first-order valence-electron chi connectivity index (χ1n) is 9.08.